The first kappa shape index (κ1) is 19.0. The fourth-order valence-corrected chi connectivity index (χ4v) is 3.35. The molecular weight excluding hydrogens is 422 g/mol. The fraction of sp³-hybridized carbons (Fsp3) is 0. The van der Waals surface area contributed by atoms with E-state index in [9.17, 15) is 4.79 Å². The van der Waals surface area contributed by atoms with Gasteiger partial charge in [-0.3, -0.25) is 9.79 Å². The van der Waals surface area contributed by atoms with Crippen molar-refractivity contribution in [1.29, 1.82) is 0 Å². The maximum absolute atomic E-state index is 12.5. The second-order valence-electron chi connectivity index (χ2n) is 6.63. The molecule has 0 aliphatic carbocycles. The van der Waals surface area contributed by atoms with Crippen LogP contribution in [0.1, 0.15) is 21.5 Å². The summed E-state index contributed by atoms with van der Waals surface area (Å²) in [6.07, 6.45) is 5.27. The number of fused-ring (bicyclic) bond motifs is 1. The molecule has 0 saturated heterocycles. The third-order valence-corrected chi connectivity index (χ3v) is 5.13. The van der Waals surface area contributed by atoms with Crippen molar-refractivity contribution >= 4 is 50.5 Å². The molecule has 140 valence electrons. The van der Waals surface area contributed by atoms with Gasteiger partial charge in [0.25, 0.3) is 0 Å². The first-order valence-corrected chi connectivity index (χ1v) is 10.1. The minimum absolute atomic E-state index is 0.0462. The van der Waals surface area contributed by atoms with Crippen LogP contribution in [0.2, 0.25) is 0 Å². The van der Waals surface area contributed by atoms with E-state index in [1.807, 2.05) is 85.1 Å². The Balaban J connectivity index is 1.54. The van der Waals surface area contributed by atoms with Gasteiger partial charge in [-0.25, -0.2) is 0 Å². The summed E-state index contributed by atoms with van der Waals surface area (Å²) in [5.74, 6) is -0.0462. The number of allylic oxidation sites excluding steroid dienone is 1. The number of carbonyl (C=O) groups excluding carboxylic acids is 1. The number of halogens is 1. The van der Waals surface area contributed by atoms with Crippen LogP contribution >= 0.6 is 15.9 Å². The van der Waals surface area contributed by atoms with Crippen LogP contribution in [-0.4, -0.2) is 12.0 Å². The molecule has 0 fully saturated rings. The maximum atomic E-state index is 12.5. The van der Waals surface area contributed by atoms with Crippen molar-refractivity contribution in [3.8, 4) is 0 Å². The lowest BCUT2D eigenvalue weighted by Crippen LogP contribution is -1.93. The molecule has 0 aromatic heterocycles. The molecule has 0 amide bonds. The normalized spacial score (nSPS) is 11.5. The molecule has 0 unspecified atom stereocenters. The molecule has 0 spiro atoms. The number of benzene rings is 4. The number of nitrogens with zero attached hydrogens (tertiary/aromatic N) is 1. The summed E-state index contributed by atoms with van der Waals surface area (Å²) < 4.78 is 1.01. The molecule has 0 atom stereocenters. The average Bonchev–Trinajstić information content (AvgIpc) is 2.77. The zero-order valence-electron chi connectivity index (χ0n) is 15.6. The highest BCUT2D eigenvalue weighted by Crippen LogP contribution is 2.20. The monoisotopic (exact) mass is 439 g/mol. The van der Waals surface area contributed by atoms with Crippen LogP contribution in [0.3, 0.4) is 0 Å². The standard InChI is InChI=1S/C26H18BrNO/c27-23-14-11-19(12-15-23)13-16-26(29)21-7-4-9-24(17-21)28-18-22-8-3-6-20-5-1-2-10-25(20)22/h1-18H. The Hall–Kier alpha value is -3.30. The van der Waals surface area contributed by atoms with Crippen molar-refractivity contribution in [2.24, 2.45) is 4.99 Å². The van der Waals surface area contributed by atoms with Crippen LogP contribution < -0.4 is 0 Å². The van der Waals surface area contributed by atoms with Gasteiger partial charge in [-0.15, -0.1) is 0 Å². The van der Waals surface area contributed by atoms with Gasteiger partial charge in [0.05, 0.1) is 5.69 Å². The second-order valence-corrected chi connectivity index (χ2v) is 7.54. The molecule has 3 heteroatoms. The van der Waals surface area contributed by atoms with Crippen molar-refractivity contribution in [2.75, 3.05) is 0 Å². The van der Waals surface area contributed by atoms with Gasteiger partial charge in [0.1, 0.15) is 0 Å². The molecule has 0 radical (unpaired) electrons. The summed E-state index contributed by atoms with van der Waals surface area (Å²) >= 11 is 3.41. The van der Waals surface area contributed by atoms with Gasteiger partial charge in [-0.2, -0.15) is 0 Å². The van der Waals surface area contributed by atoms with Gasteiger partial charge >= 0.3 is 0 Å². The Kier molecular flexibility index (Phi) is 5.78. The lowest BCUT2D eigenvalue weighted by molar-refractivity contribution is 0.104. The van der Waals surface area contributed by atoms with Crippen LogP contribution in [0.5, 0.6) is 0 Å². The Morgan fingerprint density at radius 1 is 0.828 bits per heavy atom. The molecule has 0 saturated carbocycles. The predicted octanol–water partition coefficient (Wildman–Crippen LogP) is 7.25. The van der Waals surface area contributed by atoms with Gasteiger partial charge in [-0.05, 0) is 46.7 Å². The van der Waals surface area contributed by atoms with Gasteiger partial charge in [0.15, 0.2) is 5.78 Å². The lowest BCUT2D eigenvalue weighted by atomic mass is 10.1. The molecule has 29 heavy (non-hydrogen) atoms. The van der Waals surface area contributed by atoms with E-state index in [1.54, 1.807) is 6.08 Å². The molecular formula is C26H18BrNO. The minimum atomic E-state index is -0.0462. The highest BCUT2D eigenvalue weighted by molar-refractivity contribution is 9.10. The minimum Gasteiger partial charge on any atom is -0.289 e. The molecule has 0 aliphatic heterocycles. The number of hydrogen-bond donors (Lipinski definition) is 0. The van der Waals surface area contributed by atoms with Crippen LogP contribution in [0.4, 0.5) is 5.69 Å². The first-order valence-electron chi connectivity index (χ1n) is 9.29. The number of rotatable bonds is 5. The van der Waals surface area contributed by atoms with Crippen molar-refractivity contribution < 1.29 is 4.79 Å². The molecule has 0 bridgehead atoms. The average molecular weight is 440 g/mol. The van der Waals surface area contributed by atoms with Gasteiger partial charge < -0.3 is 0 Å². The third kappa shape index (κ3) is 4.76. The summed E-state index contributed by atoms with van der Waals surface area (Å²) in [6, 6.07) is 29.6. The number of ketones is 1. The Labute approximate surface area is 178 Å². The number of hydrogen-bond acceptors (Lipinski definition) is 2. The van der Waals surface area contributed by atoms with Crippen molar-refractivity contribution in [2.45, 2.75) is 0 Å². The summed E-state index contributed by atoms with van der Waals surface area (Å²) in [6.45, 7) is 0. The van der Waals surface area contributed by atoms with E-state index in [2.05, 4.69) is 39.1 Å². The fourth-order valence-electron chi connectivity index (χ4n) is 3.09. The van der Waals surface area contributed by atoms with Crippen LogP contribution in [0.25, 0.3) is 16.8 Å². The zero-order valence-corrected chi connectivity index (χ0v) is 17.2. The van der Waals surface area contributed by atoms with Crippen molar-refractivity contribution in [1.82, 2.24) is 0 Å². The SMILES string of the molecule is O=C(C=Cc1ccc(Br)cc1)c1cccc(N=Cc2cccc3ccccc23)c1. The Morgan fingerprint density at radius 2 is 1.59 bits per heavy atom. The molecule has 4 aromatic carbocycles. The van der Waals surface area contributed by atoms with E-state index in [4.69, 9.17) is 0 Å². The zero-order chi connectivity index (χ0) is 20.1. The highest BCUT2D eigenvalue weighted by Gasteiger charge is 2.03. The maximum Gasteiger partial charge on any atom is 0.185 e. The summed E-state index contributed by atoms with van der Waals surface area (Å²) in [4.78, 5) is 17.1. The van der Waals surface area contributed by atoms with Crippen LogP contribution in [-0.2, 0) is 0 Å². The van der Waals surface area contributed by atoms with Gasteiger partial charge in [0.2, 0.25) is 0 Å². The third-order valence-electron chi connectivity index (χ3n) is 4.60. The van der Waals surface area contributed by atoms with E-state index < -0.39 is 0 Å². The molecule has 4 aromatic rings. The van der Waals surface area contributed by atoms with Crippen LogP contribution in [0.15, 0.2) is 107 Å². The topological polar surface area (TPSA) is 29.4 Å². The Morgan fingerprint density at radius 3 is 2.45 bits per heavy atom. The predicted molar refractivity (Wildman–Crippen MR) is 125 cm³/mol. The molecule has 4 rings (SSSR count). The Bertz CT molecular complexity index is 1220. The number of aliphatic imine (C=N–C) groups is 1. The van der Waals surface area contributed by atoms with E-state index in [0.717, 1.165) is 26.7 Å². The van der Waals surface area contributed by atoms with Gasteiger partial charge in [-0.1, -0.05) is 88.7 Å². The summed E-state index contributed by atoms with van der Waals surface area (Å²) in [7, 11) is 0. The van der Waals surface area contributed by atoms with Crippen LogP contribution in [0, 0.1) is 0 Å². The molecule has 0 heterocycles. The lowest BCUT2D eigenvalue weighted by Gasteiger charge is -2.02. The molecule has 0 N–H and O–H groups in total. The van der Waals surface area contributed by atoms with Crippen molar-refractivity contribution in [3.63, 3.8) is 0 Å². The van der Waals surface area contributed by atoms with E-state index in [-0.39, 0.29) is 5.78 Å². The smallest absolute Gasteiger partial charge is 0.185 e. The van der Waals surface area contributed by atoms with Crippen molar-refractivity contribution in [3.05, 3.63) is 118 Å². The van der Waals surface area contributed by atoms with E-state index >= 15 is 0 Å². The molecule has 0 aliphatic rings. The summed E-state index contributed by atoms with van der Waals surface area (Å²) in [5.41, 5.74) is 3.40. The highest BCUT2D eigenvalue weighted by atomic mass is 79.9. The molecule has 2 nitrogen and oxygen atoms in total. The summed E-state index contributed by atoms with van der Waals surface area (Å²) in [5, 5.41) is 2.34. The van der Waals surface area contributed by atoms with E-state index in [1.165, 1.54) is 5.39 Å². The largest absolute Gasteiger partial charge is 0.289 e. The quantitative estimate of drug-likeness (QED) is 0.183. The second kappa shape index (κ2) is 8.80. The first-order chi connectivity index (χ1) is 14.2. The van der Waals surface area contributed by atoms with Gasteiger partial charge in [0, 0.05) is 21.8 Å². The number of carbonyl (C=O) groups is 1. The van der Waals surface area contributed by atoms with E-state index in [0.29, 0.717) is 5.56 Å².